The summed E-state index contributed by atoms with van der Waals surface area (Å²) in [4.78, 5) is 44.5. The van der Waals surface area contributed by atoms with Crippen LogP contribution in [0.2, 0.25) is 0 Å². The number of para-hydroxylation sites is 1. The normalized spacial score (nSPS) is 13.3. The van der Waals surface area contributed by atoms with Crippen LogP contribution >= 0.6 is 0 Å². The average Bonchev–Trinajstić information content (AvgIpc) is 3.25. The maximum absolute atomic E-state index is 13.9. The van der Waals surface area contributed by atoms with E-state index in [0.29, 0.717) is 12.8 Å². The molecule has 198 valence electrons. The molecule has 1 heterocycles. The molecule has 0 spiro atoms. The predicted molar refractivity (Wildman–Crippen MR) is 145 cm³/mol. The number of aryl methyl sites for hydroxylation is 1. The molecule has 3 amide bonds. The number of carbonyl (C=O) groups excluding carboxylic acids is 3. The first kappa shape index (κ1) is 27.9. The standard InChI is InChI=1S/C28H38N6O3/c1-28(2,29)27(37)31-23(17-20-18-30-22-14-10-9-13-21(20)22)26(36)34(5)24(25(35)32-33(3)4)16-15-19-11-7-6-8-12-19/h6-14,18,23-24,30H,15-17,29H2,1-5H3,(H,31,37)(H,32,35). The average molecular weight is 507 g/mol. The number of fused-ring (bicyclic) bond motifs is 1. The summed E-state index contributed by atoms with van der Waals surface area (Å²) in [6, 6.07) is 15.9. The number of nitrogens with one attached hydrogen (secondary N) is 3. The van der Waals surface area contributed by atoms with E-state index in [1.54, 1.807) is 40.0 Å². The molecular weight excluding hydrogens is 468 g/mol. The number of rotatable bonds is 11. The molecule has 9 heteroatoms. The second-order valence-electron chi connectivity index (χ2n) is 10.2. The third kappa shape index (κ3) is 7.41. The van der Waals surface area contributed by atoms with Gasteiger partial charge in [0.15, 0.2) is 0 Å². The second-order valence-corrected chi connectivity index (χ2v) is 10.2. The first-order valence-corrected chi connectivity index (χ1v) is 12.4. The fourth-order valence-electron chi connectivity index (χ4n) is 4.21. The fraction of sp³-hybridized carbons (Fsp3) is 0.393. The topological polar surface area (TPSA) is 124 Å². The zero-order chi connectivity index (χ0) is 27.2. The number of hydrogen-bond acceptors (Lipinski definition) is 5. The SMILES string of the molecule is CN(C)NC(=O)C(CCc1ccccc1)N(C)C(=O)C(Cc1c[nH]c2ccccc12)NC(=O)C(C)(C)N. The summed E-state index contributed by atoms with van der Waals surface area (Å²) in [6.07, 6.45) is 3.12. The van der Waals surface area contributed by atoms with Crippen LogP contribution in [-0.2, 0) is 27.2 Å². The summed E-state index contributed by atoms with van der Waals surface area (Å²) in [6.45, 7) is 3.18. The Hall–Kier alpha value is -3.69. The molecule has 0 aliphatic carbocycles. The number of carbonyl (C=O) groups is 3. The van der Waals surface area contributed by atoms with E-state index in [9.17, 15) is 14.4 Å². The Balaban J connectivity index is 1.89. The van der Waals surface area contributed by atoms with Gasteiger partial charge in [-0.05, 0) is 43.9 Å². The number of likely N-dealkylation sites (N-methyl/N-ethyl adjacent to an activating group) is 1. The fourth-order valence-corrected chi connectivity index (χ4v) is 4.21. The second kappa shape index (κ2) is 12.0. The number of H-pyrrole nitrogens is 1. The number of aromatic nitrogens is 1. The maximum Gasteiger partial charge on any atom is 0.257 e. The predicted octanol–water partition coefficient (Wildman–Crippen LogP) is 1.99. The van der Waals surface area contributed by atoms with Crippen LogP contribution < -0.4 is 16.5 Å². The molecule has 2 aromatic carbocycles. The van der Waals surface area contributed by atoms with Gasteiger partial charge >= 0.3 is 0 Å². The number of aromatic amines is 1. The summed E-state index contributed by atoms with van der Waals surface area (Å²) in [5.41, 5.74) is 10.5. The number of amides is 3. The van der Waals surface area contributed by atoms with Gasteiger partial charge in [-0.25, -0.2) is 5.01 Å². The molecule has 0 radical (unpaired) electrons. The molecule has 0 aliphatic rings. The highest BCUT2D eigenvalue weighted by Crippen LogP contribution is 2.21. The lowest BCUT2D eigenvalue weighted by Gasteiger charge is -2.32. The Morgan fingerprint density at radius 1 is 1.00 bits per heavy atom. The van der Waals surface area contributed by atoms with Crippen LogP contribution in [0.15, 0.2) is 60.8 Å². The van der Waals surface area contributed by atoms with Crippen molar-refractivity contribution in [3.05, 3.63) is 71.9 Å². The molecule has 0 fully saturated rings. The van der Waals surface area contributed by atoms with Gasteiger partial charge in [-0.15, -0.1) is 0 Å². The Labute approximate surface area is 218 Å². The number of hydrazine groups is 1. The zero-order valence-corrected chi connectivity index (χ0v) is 22.2. The van der Waals surface area contributed by atoms with Gasteiger partial charge in [0, 0.05) is 44.7 Å². The van der Waals surface area contributed by atoms with Crippen LogP contribution in [-0.4, -0.2) is 71.4 Å². The van der Waals surface area contributed by atoms with Crippen LogP contribution in [0.5, 0.6) is 0 Å². The van der Waals surface area contributed by atoms with Gasteiger partial charge in [-0.3, -0.25) is 19.8 Å². The molecule has 1 aromatic heterocycles. The quantitative estimate of drug-likeness (QED) is 0.296. The molecular formula is C28H38N6O3. The van der Waals surface area contributed by atoms with Crippen molar-refractivity contribution in [1.29, 1.82) is 0 Å². The van der Waals surface area contributed by atoms with Gasteiger partial charge in [-0.2, -0.15) is 0 Å². The Kier molecular flexibility index (Phi) is 9.07. The smallest absolute Gasteiger partial charge is 0.257 e. The summed E-state index contributed by atoms with van der Waals surface area (Å²) in [5.74, 6) is -1.11. The molecule has 0 aliphatic heterocycles. The molecule has 0 saturated carbocycles. The molecule has 37 heavy (non-hydrogen) atoms. The van der Waals surface area contributed by atoms with Crippen LogP contribution in [0.25, 0.3) is 10.9 Å². The van der Waals surface area contributed by atoms with E-state index in [-0.39, 0.29) is 18.2 Å². The minimum Gasteiger partial charge on any atom is -0.361 e. The van der Waals surface area contributed by atoms with E-state index >= 15 is 0 Å². The van der Waals surface area contributed by atoms with Crippen molar-refractivity contribution in [2.45, 2.75) is 50.7 Å². The van der Waals surface area contributed by atoms with E-state index < -0.39 is 23.5 Å². The van der Waals surface area contributed by atoms with Crippen molar-refractivity contribution in [1.82, 2.24) is 25.6 Å². The Morgan fingerprint density at radius 2 is 1.65 bits per heavy atom. The molecule has 0 bridgehead atoms. The molecule has 2 atom stereocenters. The first-order chi connectivity index (χ1) is 17.5. The van der Waals surface area contributed by atoms with Crippen molar-refractivity contribution in [3.8, 4) is 0 Å². The highest BCUT2D eigenvalue weighted by molar-refractivity contribution is 5.94. The molecule has 3 rings (SSSR count). The third-order valence-electron chi connectivity index (χ3n) is 6.29. The lowest BCUT2D eigenvalue weighted by molar-refractivity contribution is -0.143. The van der Waals surface area contributed by atoms with E-state index in [2.05, 4.69) is 15.7 Å². The van der Waals surface area contributed by atoms with Crippen molar-refractivity contribution >= 4 is 28.6 Å². The summed E-state index contributed by atoms with van der Waals surface area (Å²) in [7, 11) is 5.05. The van der Waals surface area contributed by atoms with Gasteiger partial charge in [0.25, 0.3) is 5.91 Å². The summed E-state index contributed by atoms with van der Waals surface area (Å²) >= 11 is 0. The molecule has 2 unspecified atom stereocenters. The van der Waals surface area contributed by atoms with Crippen molar-refractivity contribution < 1.29 is 14.4 Å². The van der Waals surface area contributed by atoms with Crippen LogP contribution in [0.3, 0.4) is 0 Å². The van der Waals surface area contributed by atoms with E-state index in [0.717, 1.165) is 22.0 Å². The Morgan fingerprint density at radius 3 is 2.30 bits per heavy atom. The van der Waals surface area contributed by atoms with Gasteiger partial charge in [0.05, 0.1) is 5.54 Å². The number of nitrogens with two attached hydrogens (primary N) is 1. The van der Waals surface area contributed by atoms with Crippen molar-refractivity contribution in [2.24, 2.45) is 5.73 Å². The van der Waals surface area contributed by atoms with Crippen LogP contribution in [0.4, 0.5) is 0 Å². The van der Waals surface area contributed by atoms with Crippen LogP contribution in [0.1, 0.15) is 31.4 Å². The number of nitrogens with zero attached hydrogens (tertiary/aromatic N) is 2. The highest BCUT2D eigenvalue weighted by Gasteiger charge is 2.34. The minimum atomic E-state index is -1.17. The highest BCUT2D eigenvalue weighted by atomic mass is 16.2. The molecule has 5 N–H and O–H groups in total. The number of benzene rings is 2. The third-order valence-corrected chi connectivity index (χ3v) is 6.29. The lowest BCUT2D eigenvalue weighted by atomic mass is 9.99. The van der Waals surface area contributed by atoms with E-state index in [4.69, 9.17) is 5.73 Å². The molecule has 0 saturated heterocycles. The van der Waals surface area contributed by atoms with Crippen LogP contribution in [0, 0.1) is 0 Å². The monoisotopic (exact) mass is 506 g/mol. The first-order valence-electron chi connectivity index (χ1n) is 12.4. The zero-order valence-electron chi connectivity index (χ0n) is 22.2. The molecule has 3 aromatic rings. The van der Waals surface area contributed by atoms with Crippen molar-refractivity contribution in [3.63, 3.8) is 0 Å². The lowest BCUT2D eigenvalue weighted by Crippen LogP contribution is -2.59. The number of hydrogen-bond donors (Lipinski definition) is 4. The largest absolute Gasteiger partial charge is 0.361 e. The van der Waals surface area contributed by atoms with Gasteiger partial charge in [0.2, 0.25) is 11.8 Å². The summed E-state index contributed by atoms with van der Waals surface area (Å²) in [5, 5.41) is 5.36. The van der Waals surface area contributed by atoms with E-state index in [1.165, 1.54) is 4.90 Å². The van der Waals surface area contributed by atoms with Gasteiger partial charge < -0.3 is 20.9 Å². The minimum absolute atomic E-state index is 0.246. The Bertz CT molecular complexity index is 1220. The van der Waals surface area contributed by atoms with Gasteiger partial charge in [-0.1, -0.05) is 48.5 Å². The summed E-state index contributed by atoms with van der Waals surface area (Å²) < 4.78 is 0. The van der Waals surface area contributed by atoms with E-state index in [1.807, 2.05) is 60.8 Å². The maximum atomic E-state index is 13.9. The molecule has 9 nitrogen and oxygen atoms in total. The van der Waals surface area contributed by atoms with Gasteiger partial charge in [0.1, 0.15) is 12.1 Å². The van der Waals surface area contributed by atoms with Crippen molar-refractivity contribution in [2.75, 3.05) is 21.1 Å².